The summed E-state index contributed by atoms with van der Waals surface area (Å²) in [5, 5.41) is 21.5. The van der Waals surface area contributed by atoms with Gasteiger partial charge in [0.1, 0.15) is 18.4 Å². The van der Waals surface area contributed by atoms with Crippen LogP contribution < -0.4 is 4.74 Å². The number of halogens is 2. The SMILES string of the molecule is CN1CCN(CC(c2ccc(OCc3ccccc3)c(C#N)c2)C2(O)CCCCC2)CC1.ClOCl. The van der Waals surface area contributed by atoms with Crippen molar-refractivity contribution in [2.24, 2.45) is 0 Å². The molecule has 190 valence electrons. The first-order valence-corrected chi connectivity index (χ1v) is 12.8. The minimum atomic E-state index is -0.708. The molecule has 1 saturated carbocycles. The second-order valence-corrected chi connectivity index (χ2v) is 9.99. The number of nitriles is 1. The van der Waals surface area contributed by atoms with Gasteiger partial charge in [-0.2, -0.15) is 9.10 Å². The Labute approximate surface area is 219 Å². The number of nitrogens with zero attached hydrogens (tertiary/aromatic N) is 3. The molecule has 4 rings (SSSR count). The van der Waals surface area contributed by atoms with Crippen LogP contribution in [0, 0.1) is 11.3 Å². The third-order valence-electron chi connectivity index (χ3n) is 7.17. The summed E-state index contributed by atoms with van der Waals surface area (Å²) in [6.07, 6.45) is 5.00. The smallest absolute Gasteiger partial charge is 0.137 e. The maximum Gasteiger partial charge on any atom is 0.137 e. The Morgan fingerprint density at radius 2 is 1.69 bits per heavy atom. The molecule has 0 radical (unpaired) electrons. The highest BCUT2D eigenvalue weighted by Crippen LogP contribution is 2.41. The van der Waals surface area contributed by atoms with Gasteiger partial charge in [0, 0.05) is 38.6 Å². The Morgan fingerprint density at radius 3 is 2.31 bits per heavy atom. The lowest BCUT2D eigenvalue weighted by atomic mass is 9.72. The van der Waals surface area contributed by atoms with Crippen LogP contribution in [0.2, 0.25) is 0 Å². The third-order valence-corrected chi connectivity index (χ3v) is 7.17. The maximum atomic E-state index is 11.7. The van der Waals surface area contributed by atoms with Crippen molar-refractivity contribution < 1.29 is 13.7 Å². The summed E-state index contributed by atoms with van der Waals surface area (Å²) in [6, 6.07) is 18.3. The molecule has 8 heteroatoms. The zero-order valence-corrected chi connectivity index (χ0v) is 21.8. The van der Waals surface area contributed by atoms with E-state index >= 15 is 0 Å². The Morgan fingerprint density at radius 1 is 1.03 bits per heavy atom. The van der Waals surface area contributed by atoms with E-state index in [-0.39, 0.29) is 5.92 Å². The average Bonchev–Trinajstić information content (AvgIpc) is 2.88. The zero-order valence-electron chi connectivity index (χ0n) is 20.3. The number of hydrogen-bond donors (Lipinski definition) is 1. The number of ether oxygens (including phenoxy) is 1. The highest BCUT2D eigenvalue weighted by Gasteiger charge is 2.40. The van der Waals surface area contributed by atoms with Gasteiger partial charge in [-0.25, -0.2) is 0 Å². The maximum absolute atomic E-state index is 11.7. The third kappa shape index (κ3) is 8.08. The van der Waals surface area contributed by atoms with E-state index in [0.29, 0.717) is 17.9 Å². The number of hydrogen-bond acceptors (Lipinski definition) is 6. The number of rotatable bonds is 7. The first kappa shape index (κ1) is 27.7. The Balaban J connectivity index is 0.00000108. The van der Waals surface area contributed by atoms with Crippen molar-refractivity contribution in [2.75, 3.05) is 39.8 Å². The molecule has 2 aliphatic rings. The van der Waals surface area contributed by atoms with E-state index in [0.717, 1.165) is 69.5 Å². The normalized spacial score (nSPS) is 19.2. The molecule has 1 heterocycles. The molecule has 35 heavy (non-hydrogen) atoms. The van der Waals surface area contributed by atoms with Crippen LogP contribution in [0.15, 0.2) is 48.5 Å². The monoisotopic (exact) mass is 519 g/mol. The molecular weight excluding hydrogens is 485 g/mol. The summed E-state index contributed by atoms with van der Waals surface area (Å²) in [4.78, 5) is 4.83. The molecule has 0 aromatic heterocycles. The highest BCUT2D eigenvalue weighted by atomic mass is 35.6. The number of likely N-dealkylation sites (N-methyl/N-ethyl adjacent to an activating group) is 1. The molecule has 1 atom stereocenters. The molecule has 1 aliphatic carbocycles. The predicted molar refractivity (Wildman–Crippen MR) is 139 cm³/mol. The average molecular weight is 521 g/mol. The quantitative estimate of drug-likeness (QED) is 0.522. The lowest BCUT2D eigenvalue weighted by molar-refractivity contribution is -0.0337. The fourth-order valence-corrected chi connectivity index (χ4v) is 5.10. The Bertz CT molecular complexity index is 940. The van der Waals surface area contributed by atoms with Crippen molar-refractivity contribution in [3.05, 3.63) is 65.2 Å². The van der Waals surface area contributed by atoms with Gasteiger partial charge in [0.25, 0.3) is 0 Å². The fourth-order valence-electron chi connectivity index (χ4n) is 5.10. The Hall–Kier alpha value is -1.85. The van der Waals surface area contributed by atoms with Crippen LogP contribution in [0.25, 0.3) is 0 Å². The van der Waals surface area contributed by atoms with Crippen LogP contribution in [-0.2, 0) is 10.4 Å². The topological polar surface area (TPSA) is 69.0 Å². The lowest BCUT2D eigenvalue weighted by Gasteiger charge is -2.43. The fraction of sp³-hybridized carbons (Fsp3) is 0.519. The first-order valence-electron chi connectivity index (χ1n) is 12.2. The molecule has 2 aromatic rings. The molecule has 1 aliphatic heterocycles. The van der Waals surface area contributed by atoms with Gasteiger partial charge in [0.05, 0.1) is 34.9 Å². The number of benzene rings is 2. The molecular formula is C27H35Cl2N3O3. The second kappa shape index (κ2) is 14.0. The number of aliphatic hydroxyl groups is 1. The van der Waals surface area contributed by atoms with Gasteiger partial charge in [-0.3, -0.25) is 0 Å². The van der Waals surface area contributed by atoms with Gasteiger partial charge in [-0.05, 0) is 43.1 Å². The van der Waals surface area contributed by atoms with Gasteiger partial charge in [0.2, 0.25) is 0 Å². The first-order chi connectivity index (χ1) is 17.0. The molecule has 1 saturated heterocycles. The van der Waals surface area contributed by atoms with Crippen molar-refractivity contribution in [1.82, 2.24) is 9.80 Å². The molecule has 6 nitrogen and oxygen atoms in total. The Kier molecular flexibility index (Phi) is 11.1. The summed E-state index contributed by atoms with van der Waals surface area (Å²) >= 11 is 8.53. The molecule has 0 spiro atoms. The minimum absolute atomic E-state index is 0.00137. The summed E-state index contributed by atoms with van der Waals surface area (Å²) in [5.74, 6) is 0.607. The summed E-state index contributed by atoms with van der Waals surface area (Å²) < 4.78 is 9.17. The molecule has 2 fully saturated rings. The van der Waals surface area contributed by atoms with E-state index in [1.54, 1.807) is 0 Å². The van der Waals surface area contributed by atoms with Gasteiger partial charge in [-0.1, -0.05) is 55.7 Å². The molecule has 2 aromatic carbocycles. The van der Waals surface area contributed by atoms with Gasteiger partial charge in [0.15, 0.2) is 0 Å². The summed E-state index contributed by atoms with van der Waals surface area (Å²) in [6.45, 7) is 5.42. The van der Waals surface area contributed by atoms with Crippen LogP contribution in [0.3, 0.4) is 0 Å². The summed E-state index contributed by atoms with van der Waals surface area (Å²) in [5.41, 5.74) is 1.96. The van der Waals surface area contributed by atoms with Gasteiger partial charge < -0.3 is 19.6 Å². The standard InChI is InChI=1S/C27H35N3O2.Cl2O/c1-29-14-16-30(17-15-29)20-25(27(31)12-6-3-7-13-27)23-10-11-26(24(18-23)19-28)32-21-22-8-4-2-5-9-22;1-3-2/h2,4-5,8-11,18,25,31H,3,6-7,12-17,20-21H2,1H3;. The van der Waals surface area contributed by atoms with E-state index < -0.39 is 5.60 Å². The van der Waals surface area contributed by atoms with Crippen molar-refractivity contribution >= 4 is 23.7 Å². The van der Waals surface area contributed by atoms with Crippen LogP contribution in [0.1, 0.15) is 54.7 Å². The second-order valence-electron chi connectivity index (χ2n) is 9.52. The largest absolute Gasteiger partial charge is 0.488 e. The van der Waals surface area contributed by atoms with Crippen molar-refractivity contribution in [3.63, 3.8) is 0 Å². The molecule has 0 bridgehead atoms. The van der Waals surface area contributed by atoms with Crippen LogP contribution in [0.5, 0.6) is 5.75 Å². The van der Waals surface area contributed by atoms with Crippen LogP contribution in [-0.4, -0.2) is 60.3 Å². The van der Waals surface area contributed by atoms with E-state index in [4.69, 9.17) is 4.74 Å². The van der Waals surface area contributed by atoms with Gasteiger partial charge >= 0.3 is 0 Å². The van der Waals surface area contributed by atoms with Crippen LogP contribution in [0.4, 0.5) is 0 Å². The lowest BCUT2D eigenvalue weighted by Crippen LogP contribution is -2.50. The van der Waals surface area contributed by atoms with Crippen molar-refractivity contribution in [2.45, 2.75) is 50.2 Å². The molecule has 1 unspecified atom stereocenters. The van der Waals surface area contributed by atoms with E-state index in [1.807, 2.05) is 42.5 Å². The molecule has 1 N–H and O–H groups in total. The van der Waals surface area contributed by atoms with E-state index in [2.05, 4.69) is 56.6 Å². The van der Waals surface area contributed by atoms with Crippen molar-refractivity contribution in [3.8, 4) is 11.8 Å². The highest BCUT2D eigenvalue weighted by molar-refractivity contribution is 6.24. The zero-order chi connectivity index (χ0) is 25.1. The van der Waals surface area contributed by atoms with E-state index in [9.17, 15) is 10.4 Å². The van der Waals surface area contributed by atoms with Gasteiger partial charge in [-0.15, -0.1) is 0 Å². The molecule has 0 amide bonds. The van der Waals surface area contributed by atoms with Crippen molar-refractivity contribution in [1.29, 1.82) is 5.26 Å². The van der Waals surface area contributed by atoms with E-state index in [1.165, 1.54) is 6.42 Å². The minimum Gasteiger partial charge on any atom is -0.488 e. The van der Waals surface area contributed by atoms with Crippen LogP contribution >= 0.6 is 23.7 Å². The predicted octanol–water partition coefficient (Wildman–Crippen LogP) is 5.47. The summed E-state index contributed by atoms with van der Waals surface area (Å²) in [7, 11) is 2.16. The number of piperazine rings is 1.